The van der Waals surface area contributed by atoms with Crippen LogP contribution >= 0.6 is 0 Å². The Balaban J connectivity index is 1.68. The lowest BCUT2D eigenvalue weighted by Crippen LogP contribution is -2.59. The molecule has 22 heavy (non-hydrogen) atoms. The van der Waals surface area contributed by atoms with E-state index >= 15 is 0 Å². The largest absolute Gasteiger partial charge is 0.369 e. The highest BCUT2D eigenvalue weighted by molar-refractivity contribution is 6.07. The topological polar surface area (TPSA) is 110 Å². The van der Waals surface area contributed by atoms with Gasteiger partial charge in [0, 0.05) is 38.6 Å². The molecular formula is C15H24N4O3. The average Bonchev–Trinajstić information content (AvgIpc) is 3.31. The van der Waals surface area contributed by atoms with Gasteiger partial charge in [-0.05, 0) is 31.6 Å². The van der Waals surface area contributed by atoms with Gasteiger partial charge in [0.2, 0.25) is 17.7 Å². The van der Waals surface area contributed by atoms with E-state index in [-0.39, 0.29) is 23.8 Å². The van der Waals surface area contributed by atoms with E-state index in [1.807, 2.05) is 4.90 Å². The van der Waals surface area contributed by atoms with Gasteiger partial charge in [-0.15, -0.1) is 0 Å². The molecule has 7 heteroatoms. The average molecular weight is 308 g/mol. The summed E-state index contributed by atoms with van der Waals surface area (Å²) in [4.78, 5) is 39.8. The number of fused-ring (bicyclic) bond motifs is 1. The van der Waals surface area contributed by atoms with Crippen LogP contribution in [-0.2, 0) is 14.4 Å². The fraction of sp³-hybridized carbons (Fsp3) is 0.800. The molecule has 2 heterocycles. The lowest BCUT2D eigenvalue weighted by molar-refractivity contribution is -0.148. The molecule has 3 fully saturated rings. The highest BCUT2D eigenvalue weighted by atomic mass is 16.2. The molecule has 4 N–H and O–H groups in total. The second kappa shape index (κ2) is 5.53. The van der Waals surface area contributed by atoms with Gasteiger partial charge in [0.15, 0.2) is 0 Å². The summed E-state index contributed by atoms with van der Waals surface area (Å²) in [5, 5.41) is 0. The molecule has 2 aliphatic heterocycles. The Bertz CT molecular complexity index is 503. The zero-order chi connectivity index (χ0) is 15.9. The number of rotatable bonds is 4. The molecule has 0 bridgehead atoms. The summed E-state index contributed by atoms with van der Waals surface area (Å²) in [7, 11) is 0. The van der Waals surface area contributed by atoms with Crippen LogP contribution in [0.2, 0.25) is 0 Å². The normalized spacial score (nSPS) is 30.0. The standard InChI is InChI=1S/C15H24N4O3/c16-6-8-19-11-3-7-18(9-10(11)1-2-12(19)20)14(22)15(4-5-15)13(17)21/h10-11H,1-9,16H2,(H2,17,21)/t10-,11+/m0/s1. The highest BCUT2D eigenvalue weighted by Crippen LogP contribution is 2.47. The summed E-state index contributed by atoms with van der Waals surface area (Å²) < 4.78 is 0. The molecule has 3 aliphatic rings. The van der Waals surface area contributed by atoms with Gasteiger partial charge in [0.05, 0.1) is 0 Å². The lowest BCUT2D eigenvalue weighted by Gasteiger charge is -2.47. The zero-order valence-electron chi connectivity index (χ0n) is 12.8. The van der Waals surface area contributed by atoms with E-state index in [0.717, 1.165) is 12.8 Å². The Morgan fingerprint density at radius 1 is 1.27 bits per heavy atom. The van der Waals surface area contributed by atoms with Gasteiger partial charge in [0.25, 0.3) is 0 Å². The number of carbonyl (C=O) groups excluding carboxylic acids is 3. The summed E-state index contributed by atoms with van der Waals surface area (Å²) in [5.41, 5.74) is 10.1. The van der Waals surface area contributed by atoms with Crippen molar-refractivity contribution >= 4 is 17.7 Å². The molecule has 0 aromatic rings. The van der Waals surface area contributed by atoms with E-state index in [4.69, 9.17) is 11.5 Å². The van der Waals surface area contributed by atoms with Crippen LogP contribution in [0.3, 0.4) is 0 Å². The maximum atomic E-state index is 12.6. The fourth-order valence-corrected chi connectivity index (χ4v) is 3.96. The van der Waals surface area contributed by atoms with E-state index in [2.05, 4.69) is 0 Å². The number of amides is 3. The van der Waals surface area contributed by atoms with E-state index in [1.54, 1.807) is 4.90 Å². The van der Waals surface area contributed by atoms with Crippen LogP contribution in [0.15, 0.2) is 0 Å². The lowest BCUT2D eigenvalue weighted by atomic mass is 9.83. The van der Waals surface area contributed by atoms with E-state index in [0.29, 0.717) is 45.4 Å². The summed E-state index contributed by atoms with van der Waals surface area (Å²) >= 11 is 0. The first-order valence-electron chi connectivity index (χ1n) is 8.08. The quantitative estimate of drug-likeness (QED) is 0.652. The third-order valence-corrected chi connectivity index (χ3v) is 5.43. The third kappa shape index (κ3) is 2.37. The van der Waals surface area contributed by atoms with Gasteiger partial charge >= 0.3 is 0 Å². The molecule has 122 valence electrons. The zero-order valence-corrected chi connectivity index (χ0v) is 12.8. The van der Waals surface area contributed by atoms with Gasteiger partial charge in [-0.3, -0.25) is 14.4 Å². The minimum Gasteiger partial charge on any atom is -0.369 e. The molecule has 3 amide bonds. The van der Waals surface area contributed by atoms with Crippen molar-refractivity contribution in [3.63, 3.8) is 0 Å². The van der Waals surface area contributed by atoms with Crippen LogP contribution in [-0.4, -0.2) is 59.7 Å². The number of primary amides is 1. The third-order valence-electron chi connectivity index (χ3n) is 5.43. The highest BCUT2D eigenvalue weighted by Gasteiger charge is 2.57. The first-order valence-corrected chi connectivity index (χ1v) is 8.08. The van der Waals surface area contributed by atoms with Gasteiger partial charge in [0.1, 0.15) is 5.41 Å². The van der Waals surface area contributed by atoms with Crippen molar-refractivity contribution in [2.24, 2.45) is 22.8 Å². The fourth-order valence-electron chi connectivity index (χ4n) is 3.96. The number of carbonyl (C=O) groups is 3. The Morgan fingerprint density at radius 3 is 2.59 bits per heavy atom. The number of nitrogens with two attached hydrogens (primary N) is 2. The maximum absolute atomic E-state index is 12.6. The summed E-state index contributed by atoms with van der Waals surface area (Å²) in [6.45, 7) is 2.25. The summed E-state index contributed by atoms with van der Waals surface area (Å²) in [6.07, 6.45) is 3.23. The Hall–Kier alpha value is -1.63. The Labute approximate surface area is 130 Å². The molecule has 1 saturated carbocycles. The molecule has 0 aromatic carbocycles. The van der Waals surface area contributed by atoms with Gasteiger partial charge in [-0.1, -0.05) is 0 Å². The van der Waals surface area contributed by atoms with Crippen molar-refractivity contribution in [3.8, 4) is 0 Å². The van der Waals surface area contributed by atoms with Crippen molar-refractivity contribution in [2.45, 2.75) is 38.1 Å². The first-order chi connectivity index (χ1) is 10.5. The molecule has 7 nitrogen and oxygen atoms in total. The van der Waals surface area contributed by atoms with Crippen molar-refractivity contribution in [2.75, 3.05) is 26.2 Å². The molecule has 1 aliphatic carbocycles. The molecule has 0 spiro atoms. The Morgan fingerprint density at radius 2 is 2.00 bits per heavy atom. The van der Waals surface area contributed by atoms with Crippen molar-refractivity contribution in [3.05, 3.63) is 0 Å². The minimum absolute atomic E-state index is 0.110. The molecule has 3 rings (SSSR count). The molecule has 0 radical (unpaired) electrons. The van der Waals surface area contributed by atoms with Crippen LogP contribution in [0.5, 0.6) is 0 Å². The molecule has 2 saturated heterocycles. The predicted octanol–water partition coefficient (Wildman–Crippen LogP) is -0.950. The number of hydrogen-bond acceptors (Lipinski definition) is 4. The maximum Gasteiger partial charge on any atom is 0.238 e. The predicted molar refractivity (Wildman–Crippen MR) is 79.3 cm³/mol. The molecular weight excluding hydrogens is 284 g/mol. The SMILES string of the molecule is NCCN1C(=O)CC[C@H]2CN(C(=O)C3(C(N)=O)CC3)CC[C@H]21. The van der Waals surface area contributed by atoms with Crippen LogP contribution in [0.25, 0.3) is 0 Å². The number of hydrogen-bond donors (Lipinski definition) is 2. The van der Waals surface area contributed by atoms with E-state index in [1.165, 1.54) is 0 Å². The number of nitrogens with zero attached hydrogens (tertiary/aromatic N) is 2. The minimum atomic E-state index is -0.936. The van der Waals surface area contributed by atoms with Crippen LogP contribution in [0.4, 0.5) is 0 Å². The first kappa shape index (κ1) is 15.3. The second-order valence-corrected chi connectivity index (χ2v) is 6.73. The van der Waals surface area contributed by atoms with Gasteiger partial charge in [-0.25, -0.2) is 0 Å². The van der Waals surface area contributed by atoms with E-state index < -0.39 is 11.3 Å². The molecule has 2 atom stereocenters. The van der Waals surface area contributed by atoms with Crippen molar-refractivity contribution in [1.29, 1.82) is 0 Å². The smallest absolute Gasteiger partial charge is 0.238 e. The monoisotopic (exact) mass is 308 g/mol. The Kier molecular flexibility index (Phi) is 3.84. The summed E-state index contributed by atoms with van der Waals surface area (Å²) in [6, 6.07) is 0.178. The number of piperidine rings is 2. The van der Waals surface area contributed by atoms with Gasteiger partial charge in [-0.2, -0.15) is 0 Å². The second-order valence-electron chi connectivity index (χ2n) is 6.73. The van der Waals surface area contributed by atoms with Crippen LogP contribution < -0.4 is 11.5 Å². The molecule has 0 aromatic heterocycles. The number of likely N-dealkylation sites (tertiary alicyclic amines) is 2. The van der Waals surface area contributed by atoms with Crippen molar-refractivity contribution < 1.29 is 14.4 Å². The van der Waals surface area contributed by atoms with Crippen LogP contribution in [0.1, 0.15) is 32.1 Å². The van der Waals surface area contributed by atoms with E-state index in [9.17, 15) is 14.4 Å². The van der Waals surface area contributed by atoms with Gasteiger partial charge < -0.3 is 21.3 Å². The summed E-state index contributed by atoms with van der Waals surface area (Å²) in [5.74, 6) is -0.156. The van der Waals surface area contributed by atoms with Crippen LogP contribution in [0, 0.1) is 11.3 Å². The molecule has 0 unspecified atom stereocenters. The van der Waals surface area contributed by atoms with Crippen molar-refractivity contribution in [1.82, 2.24) is 9.80 Å².